The Kier molecular flexibility index (Phi) is 5.57. The minimum Gasteiger partial charge on any atom is -0.339 e. The maximum absolute atomic E-state index is 12.6. The van der Waals surface area contributed by atoms with Crippen molar-refractivity contribution in [1.29, 1.82) is 0 Å². The molecule has 1 aliphatic heterocycles. The number of likely N-dealkylation sites (tertiary alicyclic amines) is 1. The van der Waals surface area contributed by atoms with Crippen LogP contribution in [-0.4, -0.2) is 32.3 Å². The highest BCUT2D eigenvalue weighted by Crippen LogP contribution is 2.32. The van der Waals surface area contributed by atoms with Crippen molar-refractivity contribution >= 4 is 53.2 Å². The van der Waals surface area contributed by atoms with Gasteiger partial charge in [0.05, 0.1) is 10.6 Å². The Hall–Kier alpha value is -0.300. The highest BCUT2D eigenvalue weighted by molar-refractivity contribution is 9.10. The largest absolute Gasteiger partial charge is 0.339 e. The van der Waals surface area contributed by atoms with Gasteiger partial charge >= 0.3 is 0 Å². The summed E-state index contributed by atoms with van der Waals surface area (Å²) in [6.45, 7) is 1.31. The summed E-state index contributed by atoms with van der Waals surface area (Å²) in [5.74, 6) is -0.259. The van der Waals surface area contributed by atoms with Gasteiger partial charge in [0.25, 0.3) is 15.0 Å². The molecule has 0 atom stereocenters. The van der Waals surface area contributed by atoms with Crippen LogP contribution in [0.25, 0.3) is 0 Å². The third kappa shape index (κ3) is 4.12. The van der Waals surface area contributed by atoms with E-state index in [2.05, 4.69) is 15.9 Å². The maximum atomic E-state index is 12.6. The van der Waals surface area contributed by atoms with E-state index in [1.165, 1.54) is 12.1 Å². The van der Waals surface area contributed by atoms with E-state index in [9.17, 15) is 13.2 Å². The molecule has 0 N–H and O–H groups in total. The van der Waals surface area contributed by atoms with Crippen LogP contribution in [-0.2, 0) is 9.05 Å². The molecule has 0 aliphatic carbocycles. The summed E-state index contributed by atoms with van der Waals surface area (Å²) in [6, 6.07) is 2.82. The second kappa shape index (κ2) is 6.86. The van der Waals surface area contributed by atoms with Crippen LogP contribution in [0, 0.1) is 0 Å². The van der Waals surface area contributed by atoms with Crippen LogP contribution < -0.4 is 0 Å². The van der Waals surface area contributed by atoms with Crippen molar-refractivity contribution in [2.45, 2.75) is 30.6 Å². The van der Waals surface area contributed by atoms with Gasteiger partial charge in [-0.2, -0.15) is 0 Å². The molecule has 1 fully saturated rings. The molecule has 2 rings (SSSR count). The second-order valence-electron chi connectivity index (χ2n) is 4.91. The van der Waals surface area contributed by atoms with Gasteiger partial charge < -0.3 is 4.90 Å². The lowest BCUT2D eigenvalue weighted by atomic mass is 10.2. The van der Waals surface area contributed by atoms with Crippen LogP contribution in [0.3, 0.4) is 0 Å². The molecule has 21 heavy (non-hydrogen) atoms. The Labute approximate surface area is 142 Å². The number of carbonyl (C=O) groups is 1. The van der Waals surface area contributed by atoms with E-state index in [-0.39, 0.29) is 21.4 Å². The molecule has 1 amide bonds. The number of hydrogen-bond donors (Lipinski definition) is 0. The molecule has 1 aromatic rings. The van der Waals surface area contributed by atoms with E-state index in [0.29, 0.717) is 17.6 Å². The summed E-state index contributed by atoms with van der Waals surface area (Å²) in [4.78, 5) is 14.0. The van der Waals surface area contributed by atoms with E-state index < -0.39 is 9.05 Å². The Morgan fingerprint density at radius 3 is 2.24 bits per heavy atom. The first kappa shape index (κ1) is 17.1. The summed E-state index contributed by atoms with van der Waals surface area (Å²) >= 11 is 9.28. The van der Waals surface area contributed by atoms with Gasteiger partial charge in [-0.25, -0.2) is 8.42 Å². The number of halogens is 3. The van der Waals surface area contributed by atoms with Crippen LogP contribution >= 0.6 is 38.2 Å². The summed E-state index contributed by atoms with van der Waals surface area (Å²) in [7, 11) is 1.36. The summed E-state index contributed by atoms with van der Waals surface area (Å²) in [5, 5.41) is -0.123. The topological polar surface area (TPSA) is 54.5 Å². The van der Waals surface area contributed by atoms with E-state index in [1.54, 1.807) is 4.90 Å². The number of amides is 1. The van der Waals surface area contributed by atoms with Gasteiger partial charge in [-0.15, -0.1) is 0 Å². The van der Waals surface area contributed by atoms with E-state index in [4.69, 9.17) is 22.3 Å². The molecule has 1 aliphatic rings. The van der Waals surface area contributed by atoms with Crippen molar-refractivity contribution in [3.63, 3.8) is 0 Å². The first-order chi connectivity index (χ1) is 9.80. The number of rotatable bonds is 2. The molecule has 0 aromatic heterocycles. The van der Waals surface area contributed by atoms with Gasteiger partial charge in [-0.3, -0.25) is 4.79 Å². The standard InChI is InChI=1S/C13H14BrCl2NO3S/c14-9-7-10(12(15)11(8-9)21(16,19)20)13(18)17-5-3-1-2-4-6-17/h7-8H,1-6H2. The first-order valence-electron chi connectivity index (χ1n) is 6.53. The van der Waals surface area contributed by atoms with Crippen molar-refractivity contribution in [1.82, 2.24) is 4.90 Å². The zero-order chi connectivity index (χ0) is 15.6. The molecule has 0 unspecified atom stereocenters. The normalized spacial score (nSPS) is 16.6. The average Bonchev–Trinajstić information content (AvgIpc) is 2.68. The lowest BCUT2D eigenvalue weighted by molar-refractivity contribution is 0.0761. The lowest BCUT2D eigenvalue weighted by Gasteiger charge is -2.21. The summed E-state index contributed by atoms with van der Waals surface area (Å²) in [5.41, 5.74) is 0.159. The Balaban J connectivity index is 2.43. The fourth-order valence-corrected chi connectivity index (χ4v) is 4.52. The third-order valence-electron chi connectivity index (χ3n) is 3.39. The van der Waals surface area contributed by atoms with Crippen molar-refractivity contribution in [2.75, 3.05) is 13.1 Å². The van der Waals surface area contributed by atoms with Crippen LogP contribution in [0.2, 0.25) is 5.02 Å². The molecular weight excluding hydrogens is 401 g/mol. The number of carbonyl (C=O) groups excluding carboxylic acids is 1. The van der Waals surface area contributed by atoms with Crippen LogP contribution in [0.5, 0.6) is 0 Å². The highest BCUT2D eigenvalue weighted by atomic mass is 79.9. The van der Waals surface area contributed by atoms with Gasteiger partial charge in [-0.05, 0) is 25.0 Å². The molecular formula is C13H14BrCl2NO3S. The van der Waals surface area contributed by atoms with Gasteiger partial charge in [0.1, 0.15) is 4.90 Å². The molecule has 1 saturated heterocycles. The van der Waals surface area contributed by atoms with Gasteiger partial charge in [0, 0.05) is 28.2 Å². The number of benzene rings is 1. The quantitative estimate of drug-likeness (QED) is 0.686. The first-order valence-corrected chi connectivity index (χ1v) is 10.0. The fourth-order valence-electron chi connectivity index (χ4n) is 2.34. The van der Waals surface area contributed by atoms with Crippen molar-refractivity contribution < 1.29 is 13.2 Å². The molecule has 0 radical (unpaired) electrons. The average molecular weight is 415 g/mol. The van der Waals surface area contributed by atoms with E-state index >= 15 is 0 Å². The monoisotopic (exact) mass is 413 g/mol. The van der Waals surface area contributed by atoms with Crippen molar-refractivity contribution in [2.24, 2.45) is 0 Å². The molecule has 1 aromatic carbocycles. The molecule has 4 nitrogen and oxygen atoms in total. The van der Waals surface area contributed by atoms with Crippen LogP contribution in [0.15, 0.2) is 21.5 Å². The minimum absolute atomic E-state index is 0.123. The Morgan fingerprint density at radius 1 is 1.14 bits per heavy atom. The van der Waals surface area contributed by atoms with E-state index in [1.807, 2.05) is 0 Å². The Bertz CT molecular complexity index is 656. The molecule has 0 spiro atoms. The highest BCUT2D eigenvalue weighted by Gasteiger charge is 2.25. The van der Waals surface area contributed by atoms with Gasteiger partial charge in [-0.1, -0.05) is 40.4 Å². The molecule has 1 heterocycles. The lowest BCUT2D eigenvalue weighted by Crippen LogP contribution is -2.32. The van der Waals surface area contributed by atoms with E-state index in [0.717, 1.165) is 25.7 Å². The van der Waals surface area contributed by atoms with Crippen LogP contribution in [0.1, 0.15) is 36.0 Å². The predicted octanol–water partition coefficient (Wildman–Crippen LogP) is 4.05. The molecule has 0 bridgehead atoms. The molecule has 116 valence electrons. The summed E-state index contributed by atoms with van der Waals surface area (Å²) < 4.78 is 23.5. The van der Waals surface area contributed by atoms with Crippen LogP contribution in [0.4, 0.5) is 0 Å². The third-order valence-corrected chi connectivity index (χ3v) is 5.71. The van der Waals surface area contributed by atoms with Gasteiger partial charge in [0.2, 0.25) is 0 Å². The second-order valence-corrected chi connectivity index (χ2v) is 8.74. The Morgan fingerprint density at radius 2 is 1.71 bits per heavy atom. The number of hydrogen-bond acceptors (Lipinski definition) is 3. The maximum Gasteiger partial charge on any atom is 0.262 e. The summed E-state index contributed by atoms with van der Waals surface area (Å²) in [6.07, 6.45) is 4.07. The van der Waals surface area contributed by atoms with Crippen molar-refractivity contribution in [3.05, 3.63) is 27.2 Å². The van der Waals surface area contributed by atoms with Gasteiger partial charge in [0.15, 0.2) is 0 Å². The SMILES string of the molecule is O=C(c1cc(Br)cc(S(=O)(=O)Cl)c1Cl)N1CCCCCC1. The molecule has 8 heteroatoms. The smallest absolute Gasteiger partial charge is 0.262 e. The predicted molar refractivity (Wildman–Crippen MR) is 86.6 cm³/mol. The number of nitrogens with zero attached hydrogens (tertiary/aromatic N) is 1. The zero-order valence-electron chi connectivity index (χ0n) is 11.1. The molecule has 0 saturated carbocycles. The zero-order valence-corrected chi connectivity index (χ0v) is 15.0. The van der Waals surface area contributed by atoms with Crippen molar-refractivity contribution in [3.8, 4) is 0 Å². The fraction of sp³-hybridized carbons (Fsp3) is 0.462. The minimum atomic E-state index is -4.01.